The predicted molar refractivity (Wildman–Crippen MR) is 34.0 cm³/mol. The van der Waals surface area contributed by atoms with Crippen molar-refractivity contribution in [3.8, 4) is 0 Å². The normalized spacial score (nSPS) is 21.6. The molecule has 0 aromatic heterocycles. The second-order valence-electron chi connectivity index (χ2n) is 2.62. The second kappa shape index (κ2) is 2.85. The van der Waals surface area contributed by atoms with Crippen LogP contribution in [0.5, 0.6) is 0 Å². The predicted octanol–water partition coefficient (Wildman–Crippen LogP) is 2.02. The van der Waals surface area contributed by atoms with Crippen molar-refractivity contribution in [2.24, 2.45) is 0 Å². The van der Waals surface area contributed by atoms with Crippen LogP contribution in [0.1, 0.15) is 19.3 Å². The molecule has 1 nitrogen and oxygen atoms in total. The third-order valence-corrected chi connectivity index (χ3v) is 1.74. The molecule has 0 amide bonds. The SMILES string of the molecule is O[C@H](C1=CCCC1)C(F)(F)F. The van der Waals surface area contributed by atoms with Crippen LogP contribution in [0.15, 0.2) is 11.6 Å². The number of allylic oxidation sites excluding steroid dienone is 1. The van der Waals surface area contributed by atoms with Gasteiger partial charge >= 0.3 is 6.18 Å². The van der Waals surface area contributed by atoms with Gasteiger partial charge in [0.05, 0.1) is 0 Å². The minimum absolute atomic E-state index is 0.123. The van der Waals surface area contributed by atoms with Crippen LogP contribution in [0.2, 0.25) is 0 Å². The van der Waals surface area contributed by atoms with Crippen LogP contribution in [0.3, 0.4) is 0 Å². The molecule has 0 unspecified atom stereocenters. The summed E-state index contributed by atoms with van der Waals surface area (Å²) in [5.74, 6) is 0. The summed E-state index contributed by atoms with van der Waals surface area (Å²) in [7, 11) is 0. The lowest BCUT2D eigenvalue weighted by atomic mass is 10.1. The van der Waals surface area contributed by atoms with Crippen LogP contribution in [0.25, 0.3) is 0 Å². The van der Waals surface area contributed by atoms with Crippen molar-refractivity contribution < 1.29 is 18.3 Å². The summed E-state index contributed by atoms with van der Waals surface area (Å²) < 4.78 is 35.4. The Hall–Kier alpha value is -0.510. The molecule has 0 saturated heterocycles. The van der Waals surface area contributed by atoms with E-state index in [1.807, 2.05) is 0 Å². The monoisotopic (exact) mass is 166 g/mol. The molecule has 1 atom stereocenters. The van der Waals surface area contributed by atoms with Crippen LogP contribution in [0, 0.1) is 0 Å². The molecular weight excluding hydrogens is 157 g/mol. The fourth-order valence-corrected chi connectivity index (χ4v) is 1.15. The standard InChI is InChI=1S/C7H9F3O/c8-7(9,10)6(11)5-3-1-2-4-5/h3,6,11H,1-2,4H2/t6-/m1/s1. The summed E-state index contributed by atoms with van der Waals surface area (Å²) in [6.07, 6.45) is -3.50. The highest BCUT2D eigenvalue weighted by atomic mass is 19.4. The summed E-state index contributed by atoms with van der Waals surface area (Å²) in [6, 6.07) is 0. The molecule has 1 N–H and O–H groups in total. The highest BCUT2D eigenvalue weighted by Gasteiger charge is 2.40. The molecule has 0 aliphatic heterocycles. The van der Waals surface area contributed by atoms with E-state index in [2.05, 4.69) is 0 Å². The van der Waals surface area contributed by atoms with Crippen molar-refractivity contribution in [2.75, 3.05) is 0 Å². The maximum absolute atomic E-state index is 11.8. The highest BCUT2D eigenvalue weighted by Crippen LogP contribution is 2.31. The molecule has 1 aliphatic rings. The first-order valence-corrected chi connectivity index (χ1v) is 3.45. The maximum Gasteiger partial charge on any atom is 0.418 e. The van der Waals surface area contributed by atoms with Gasteiger partial charge in [-0.05, 0) is 24.8 Å². The molecule has 0 aromatic rings. The Bertz CT molecular complexity index is 171. The zero-order chi connectivity index (χ0) is 8.48. The van der Waals surface area contributed by atoms with E-state index in [-0.39, 0.29) is 5.57 Å². The number of aliphatic hydroxyl groups is 1. The minimum Gasteiger partial charge on any atom is -0.379 e. The third kappa shape index (κ3) is 1.96. The van der Waals surface area contributed by atoms with Gasteiger partial charge in [0.1, 0.15) is 0 Å². The van der Waals surface area contributed by atoms with Crippen molar-refractivity contribution in [1.29, 1.82) is 0 Å². The first kappa shape index (κ1) is 8.59. The van der Waals surface area contributed by atoms with Gasteiger partial charge in [-0.15, -0.1) is 0 Å². The van der Waals surface area contributed by atoms with Crippen LogP contribution >= 0.6 is 0 Å². The minimum atomic E-state index is -4.49. The third-order valence-electron chi connectivity index (χ3n) is 1.74. The van der Waals surface area contributed by atoms with Gasteiger partial charge in [0.2, 0.25) is 0 Å². The summed E-state index contributed by atoms with van der Waals surface area (Å²) in [5.41, 5.74) is 0.123. The number of aliphatic hydroxyl groups excluding tert-OH is 1. The average Bonchev–Trinajstić information content (AvgIpc) is 2.34. The Kier molecular flexibility index (Phi) is 2.23. The van der Waals surface area contributed by atoms with Crippen LogP contribution in [-0.2, 0) is 0 Å². The number of alkyl halides is 3. The Morgan fingerprint density at radius 3 is 2.45 bits per heavy atom. The van der Waals surface area contributed by atoms with Crippen molar-refractivity contribution in [1.82, 2.24) is 0 Å². The van der Waals surface area contributed by atoms with Gasteiger partial charge in [-0.1, -0.05) is 6.08 Å². The molecule has 0 bridgehead atoms. The Labute approximate surface area is 62.5 Å². The van der Waals surface area contributed by atoms with Gasteiger partial charge in [0.25, 0.3) is 0 Å². The summed E-state index contributed by atoms with van der Waals surface area (Å²) in [4.78, 5) is 0. The molecule has 64 valence electrons. The molecule has 0 radical (unpaired) electrons. The first-order valence-electron chi connectivity index (χ1n) is 3.45. The second-order valence-corrected chi connectivity index (χ2v) is 2.62. The zero-order valence-electron chi connectivity index (χ0n) is 5.86. The van der Waals surface area contributed by atoms with E-state index in [0.717, 1.165) is 6.42 Å². The highest BCUT2D eigenvalue weighted by molar-refractivity contribution is 5.14. The topological polar surface area (TPSA) is 20.2 Å². The van der Waals surface area contributed by atoms with E-state index in [1.165, 1.54) is 6.08 Å². The van der Waals surface area contributed by atoms with Crippen LogP contribution in [0.4, 0.5) is 13.2 Å². The van der Waals surface area contributed by atoms with Crippen molar-refractivity contribution in [3.05, 3.63) is 11.6 Å². The fourth-order valence-electron chi connectivity index (χ4n) is 1.15. The van der Waals surface area contributed by atoms with E-state index in [9.17, 15) is 13.2 Å². The lowest BCUT2D eigenvalue weighted by molar-refractivity contribution is -0.191. The summed E-state index contributed by atoms with van der Waals surface area (Å²) in [6.45, 7) is 0. The number of hydrogen-bond donors (Lipinski definition) is 1. The van der Waals surface area contributed by atoms with E-state index in [4.69, 9.17) is 5.11 Å². The maximum atomic E-state index is 11.8. The molecule has 0 saturated carbocycles. The van der Waals surface area contributed by atoms with E-state index >= 15 is 0 Å². The molecule has 0 aromatic carbocycles. The van der Waals surface area contributed by atoms with Crippen molar-refractivity contribution in [3.63, 3.8) is 0 Å². The quantitative estimate of drug-likeness (QED) is 0.591. The lowest BCUT2D eigenvalue weighted by Crippen LogP contribution is -2.29. The molecule has 0 heterocycles. The summed E-state index contributed by atoms with van der Waals surface area (Å²) >= 11 is 0. The van der Waals surface area contributed by atoms with Gasteiger partial charge in [-0.25, -0.2) is 0 Å². The molecule has 1 rings (SSSR count). The lowest BCUT2D eigenvalue weighted by Gasteiger charge is -2.14. The number of rotatable bonds is 1. The van der Waals surface area contributed by atoms with Gasteiger partial charge in [0.15, 0.2) is 6.10 Å². The van der Waals surface area contributed by atoms with Gasteiger partial charge in [-0.2, -0.15) is 13.2 Å². The number of halogens is 3. The Balaban J connectivity index is 2.60. The van der Waals surface area contributed by atoms with E-state index in [0.29, 0.717) is 12.8 Å². The van der Waals surface area contributed by atoms with Crippen molar-refractivity contribution >= 4 is 0 Å². The van der Waals surface area contributed by atoms with Gasteiger partial charge in [0, 0.05) is 0 Å². The van der Waals surface area contributed by atoms with Crippen LogP contribution < -0.4 is 0 Å². The molecule has 0 spiro atoms. The smallest absolute Gasteiger partial charge is 0.379 e. The van der Waals surface area contributed by atoms with Crippen LogP contribution in [-0.4, -0.2) is 17.4 Å². The molecule has 1 aliphatic carbocycles. The molecular formula is C7H9F3O. The molecule has 0 fully saturated rings. The molecule has 4 heteroatoms. The van der Waals surface area contributed by atoms with Gasteiger partial charge < -0.3 is 5.11 Å². The zero-order valence-corrected chi connectivity index (χ0v) is 5.86. The Morgan fingerprint density at radius 2 is 2.09 bits per heavy atom. The van der Waals surface area contributed by atoms with Crippen molar-refractivity contribution in [2.45, 2.75) is 31.5 Å². The Morgan fingerprint density at radius 1 is 1.45 bits per heavy atom. The molecule has 11 heavy (non-hydrogen) atoms. The largest absolute Gasteiger partial charge is 0.418 e. The van der Waals surface area contributed by atoms with E-state index < -0.39 is 12.3 Å². The average molecular weight is 166 g/mol. The fraction of sp³-hybridized carbons (Fsp3) is 0.714. The van der Waals surface area contributed by atoms with E-state index in [1.54, 1.807) is 0 Å². The number of hydrogen-bond acceptors (Lipinski definition) is 1. The van der Waals surface area contributed by atoms with Gasteiger partial charge in [-0.3, -0.25) is 0 Å². The summed E-state index contributed by atoms with van der Waals surface area (Å²) in [5, 5.41) is 8.69. The first-order chi connectivity index (χ1) is 5.02.